The minimum absolute atomic E-state index is 0.318. The Morgan fingerprint density at radius 3 is 2.64 bits per heavy atom. The summed E-state index contributed by atoms with van der Waals surface area (Å²) in [6.45, 7) is 4.10. The zero-order chi connectivity index (χ0) is 15.9. The highest BCUT2D eigenvalue weighted by atomic mass is 16.5. The highest BCUT2D eigenvalue weighted by Crippen LogP contribution is 2.19. The number of hydrogen-bond acceptors (Lipinski definition) is 3. The van der Waals surface area contributed by atoms with Gasteiger partial charge in [0.2, 0.25) is 5.88 Å². The maximum atomic E-state index is 10.8. The molecule has 114 valence electrons. The minimum atomic E-state index is -0.902. The van der Waals surface area contributed by atoms with Gasteiger partial charge in [-0.25, -0.2) is 9.78 Å². The van der Waals surface area contributed by atoms with E-state index < -0.39 is 5.97 Å². The van der Waals surface area contributed by atoms with Crippen LogP contribution < -0.4 is 4.74 Å². The topological polar surface area (TPSA) is 59.4 Å². The third-order valence-corrected chi connectivity index (χ3v) is 3.23. The number of aliphatic carboxylic acids is 1. The van der Waals surface area contributed by atoms with Crippen molar-refractivity contribution >= 4 is 12.0 Å². The van der Waals surface area contributed by atoms with E-state index >= 15 is 0 Å². The van der Waals surface area contributed by atoms with Crippen molar-refractivity contribution in [2.45, 2.75) is 20.3 Å². The van der Waals surface area contributed by atoms with Crippen molar-refractivity contribution in [3.8, 4) is 5.88 Å². The monoisotopic (exact) mass is 297 g/mol. The van der Waals surface area contributed by atoms with E-state index in [0.29, 0.717) is 18.1 Å². The summed E-state index contributed by atoms with van der Waals surface area (Å²) in [7, 11) is 0. The number of rotatable bonds is 6. The van der Waals surface area contributed by atoms with Crippen molar-refractivity contribution in [3.63, 3.8) is 0 Å². The van der Waals surface area contributed by atoms with Gasteiger partial charge in [-0.05, 0) is 37.1 Å². The van der Waals surface area contributed by atoms with Gasteiger partial charge in [0.25, 0.3) is 0 Å². The van der Waals surface area contributed by atoms with Crippen molar-refractivity contribution in [1.29, 1.82) is 0 Å². The highest BCUT2D eigenvalue weighted by Gasteiger charge is 2.05. The molecule has 1 aromatic heterocycles. The van der Waals surface area contributed by atoms with Gasteiger partial charge in [-0.3, -0.25) is 0 Å². The zero-order valence-electron chi connectivity index (χ0n) is 12.7. The Morgan fingerprint density at radius 1 is 1.27 bits per heavy atom. The summed E-state index contributed by atoms with van der Waals surface area (Å²) in [5.74, 6) is -0.239. The normalized spacial score (nSPS) is 11.3. The van der Waals surface area contributed by atoms with Gasteiger partial charge in [0.05, 0.1) is 6.61 Å². The van der Waals surface area contributed by atoms with Crippen LogP contribution in [-0.2, 0) is 11.2 Å². The summed E-state index contributed by atoms with van der Waals surface area (Å²) in [5.41, 5.74) is 3.35. The Balaban J connectivity index is 2.15. The van der Waals surface area contributed by atoms with E-state index in [0.717, 1.165) is 23.1 Å². The molecular weight excluding hydrogens is 278 g/mol. The number of carbonyl (C=O) groups is 1. The molecule has 0 aliphatic rings. The third-order valence-electron chi connectivity index (χ3n) is 3.23. The van der Waals surface area contributed by atoms with Gasteiger partial charge in [-0.15, -0.1) is 0 Å². The number of carboxylic acids is 1. The SMILES string of the molecule is CCOc1ncccc1Cc1ccc(/C=C(\C)C(=O)O)cc1. The fraction of sp³-hybridized carbons (Fsp3) is 0.222. The molecule has 1 heterocycles. The van der Waals surface area contributed by atoms with Crippen LogP contribution in [0.1, 0.15) is 30.5 Å². The molecule has 2 aromatic rings. The molecule has 22 heavy (non-hydrogen) atoms. The molecule has 0 atom stereocenters. The number of nitrogens with zero attached hydrogens (tertiary/aromatic N) is 1. The second kappa shape index (κ2) is 7.41. The maximum Gasteiger partial charge on any atom is 0.331 e. The molecule has 0 radical (unpaired) electrons. The van der Waals surface area contributed by atoms with Crippen LogP contribution in [0.25, 0.3) is 6.08 Å². The quantitative estimate of drug-likeness (QED) is 0.828. The van der Waals surface area contributed by atoms with Crippen molar-refractivity contribution in [2.75, 3.05) is 6.61 Å². The van der Waals surface area contributed by atoms with E-state index in [1.165, 1.54) is 0 Å². The van der Waals surface area contributed by atoms with Gasteiger partial charge >= 0.3 is 5.97 Å². The molecule has 1 aromatic carbocycles. The molecular formula is C18H19NO3. The lowest BCUT2D eigenvalue weighted by atomic mass is 10.0. The van der Waals surface area contributed by atoms with Crippen LogP contribution in [0.5, 0.6) is 5.88 Å². The smallest absolute Gasteiger partial charge is 0.331 e. The largest absolute Gasteiger partial charge is 0.478 e. The van der Waals surface area contributed by atoms with E-state index in [9.17, 15) is 4.79 Å². The Bertz CT molecular complexity index is 675. The highest BCUT2D eigenvalue weighted by molar-refractivity contribution is 5.91. The average Bonchev–Trinajstić information content (AvgIpc) is 2.51. The first kappa shape index (κ1) is 15.8. The van der Waals surface area contributed by atoms with E-state index in [-0.39, 0.29) is 0 Å². The molecule has 0 unspecified atom stereocenters. The predicted molar refractivity (Wildman–Crippen MR) is 85.9 cm³/mol. The van der Waals surface area contributed by atoms with E-state index in [1.54, 1.807) is 19.2 Å². The second-order valence-corrected chi connectivity index (χ2v) is 4.95. The van der Waals surface area contributed by atoms with Crippen LogP contribution in [0.15, 0.2) is 48.2 Å². The molecule has 0 saturated heterocycles. The number of hydrogen-bond donors (Lipinski definition) is 1. The zero-order valence-corrected chi connectivity index (χ0v) is 12.7. The van der Waals surface area contributed by atoms with Gasteiger partial charge in [0.1, 0.15) is 0 Å². The third kappa shape index (κ3) is 4.19. The van der Waals surface area contributed by atoms with Crippen molar-refractivity contribution < 1.29 is 14.6 Å². The maximum absolute atomic E-state index is 10.8. The van der Waals surface area contributed by atoms with Crippen molar-refractivity contribution in [1.82, 2.24) is 4.98 Å². The van der Waals surface area contributed by atoms with E-state index in [1.807, 2.05) is 43.3 Å². The fourth-order valence-corrected chi connectivity index (χ4v) is 2.09. The first-order valence-electron chi connectivity index (χ1n) is 7.17. The van der Waals surface area contributed by atoms with Gasteiger partial charge in [0.15, 0.2) is 0 Å². The summed E-state index contributed by atoms with van der Waals surface area (Å²) >= 11 is 0. The fourth-order valence-electron chi connectivity index (χ4n) is 2.09. The molecule has 2 rings (SSSR count). The first-order chi connectivity index (χ1) is 10.6. The standard InChI is InChI=1S/C18H19NO3/c1-3-22-17-16(5-4-10-19-17)12-15-8-6-14(7-9-15)11-13(2)18(20)21/h4-11H,3,12H2,1-2H3,(H,20,21)/b13-11+. The molecule has 0 amide bonds. The summed E-state index contributed by atoms with van der Waals surface area (Å²) in [4.78, 5) is 15.1. The lowest BCUT2D eigenvalue weighted by Gasteiger charge is -2.08. The lowest BCUT2D eigenvalue weighted by Crippen LogP contribution is -1.99. The predicted octanol–water partition coefficient (Wildman–Crippen LogP) is 3.56. The molecule has 0 fully saturated rings. The molecule has 0 spiro atoms. The molecule has 0 bridgehead atoms. The number of pyridine rings is 1. The van der Waals surface area contributed by atoms with Gasteiger partial charge in [0, 0.05) is 23.8 Å². The van der Waals surface area contributed by atoms with Crippen molar-refractivity contribution in [3.05, 3.63) is 64.9 Å². The average molecular weight is 297 g/mol. The molecule has 0 aliphatic heterocycles. The van der Waals surface area contributed by atoms with Crippen LogP contribution in [-0.4, -0.2) is 22.7 Å². The summed E-state index contributed by atoms with van der Waals surface area (Å²) in [5, 5.41) is 8.88. The van der Waals surface area contributed by atoms with Crippen molar-refractivity contribution in [2.24, 2.45) is 0 Å². The Morgan fingerprint density at radius 2 is 2.00 bits per heavy atom. The number of benzene rings is 1. The Hall–Kier alpha value is -2.62. The summed E-state index contributed by atoms with van der Waals surface area (Å²) in [6, 6.07) is 11.7. The van der Waals surface area contributed by atoms with Crippen LogP contribution >= 0.6 is 0 Å². The molecule has 4 heteroatoms. The van der Waals surface area contributed by atoms with Crippen LogP contribution in [0, 0.1) is 0 Å². The molecule has 0 aliphatic carbocycles. The van der Waals surface area contributed by atoms with E-state index in [4.69, 9.17) is 9.84 Å². The van der Waals surface area contributed by atoms with Gasteiger partial charge in [-0.1, -0.05) is 30.3 Å². The molecule has 0 saturated carbocycles. The Kier molecular flexibility index (Phi) is 5.31. The van der Waals surface area contributed by atoms with Crippen LogP contribution in [0.4, 0.5) is 0 Å². The van der Waals surface area contributed by atoms with Gasteiger partial charge < -0.3 is 9.84 Å². The first-order valence-corrected chi connectivity index (χ1v) is 7.17. The second-order valence-electron chi connectivity index (χ2n) is 4.95. The number of ether oxygens (including phenoxy) is 1. The van der Waals surface area contributed by atoms with Gasteiger partial charge in [-0.2, -0.15) is 0 Å². The molecule has 1 N–H and O–H groups in total. The number of carboxylic acid groups (broad SMARTS) is 1. The minimum Gasteiger partial charge on any atom is -0.478 e. The van der Waals surface area contributed by atoms with Crippen LogP contribution in [0.3, 0.4) is 0 Å². The summed E-state index contributed by atoms with van der Waals surface area (Å²) in [6.07, 6.45) is 4.10. The Labute approximate surface area is 130 Å². The molecule has 4 nitrogen and oxygen atoms in total. The van der Waals surface area contributed by atoms with Crippen LogP contribution in [0.2, 0.25) is 0 Å². The lowest BCUT2D eigenvalue weighted by molar-refractivity contribution is -0.132. The van der Waals surface area contributed by atoms with E-state index in [2.05, 4.69) is 4.98 Å². The number of aromatic nitrogens is 1. The summed E-state index contributed by atoms with van der Waals surface area (Å²) < 4.78 is 5.53.